The van der Waals surface area contributed by atoms with Crippen LogP contribution in [0.3, 0.4) is 0 Å². The molecule has 2 rings (SSSR count). The van der Waals surface area contributed by atoms with Crippen molar-refractivity contribution >= 4 is 11.9 Å². The lowest BCUT2D eigenvalue weighted by Gasteiger charge is -2.17. The summed E-state index contributed by atoms with van der Waals surface area (Å²) in [6.07, 6.45) is 1.72. The molecule has 14 heavy (non-hydrogen) atoms. The molecule has 0 spiro atoms. The van der Waals surface area contributed by atoms with E-state index >= 15 is 0 Å². The van der Waals surface area contributed by atoms with E-state index in [4.69, 9.17) is 0 Å². The molecule has 0 saturated carbocycles. The molecule has 1 aliphatic rings. The number of amides is 3. The first-order valence-corrected chi connectivity index (χ1v) is 4.16. The highest BCUT2D eigenvalue weighted by Gasteiger charge is 2.45. The largest absolute Gasteiger partial charge is 0.322 e. The fraction of sp³-hybridized carbons (Fsp3) is 0.375. The second-order valence-corrected chi connectivity index (χ2v) is 3.41. The summed E-state index contributed by atoms with van der Waals surface area (Å²) < 4.78 is 1.58. The molecule has 2 N–H and O–H groups in total. The van der Waals surface area contributed by atoms with Crippen LogP contribution < -0.4 is 10.6 Å². The quantitative estimate of drug-likeness (QED) is 0.590. The number of rotatable bonds is 1. The number of nitrogens with one attached hydrogen (secondary N) is 2. The van der Waals surface area contributed by atoms with Gasteiger partial charge < -0.3 is 5.32 Å². The summed E-state index contributed by atoms with van der Waals surface area (Å²) >= 11 is 0. The lowest BCUT2D eigenvalue weighted by Crippen LogP contribution is -2.41. The van der Waals surface area contributed by atoms with Crippen molar-refractivity contribution in [2.45, 2.75) is 12.5 Å². The maximum absolute atomic E-state index is 11.5. The van der Waals surface area contributed by atoms with E-state index in [1.165, 1.54) is 0 Å². The average molecular weight is 194 g/mol. The van der Waals surface area contributed by atoms with E-state index in [2.05, 4.69) is 15.7 Å². The number of hydrogen-bond donors (Lipinski definition) is 2. The maximum atomic E-state index is 11.5. The van der Waals surface area contributed by atoms with Crippen molar-refractivity contribution in [1.82, 2.24) is 20.4 Å². The minimum absolute atomic E-state index is 0.374. The Bertz CT molecular complexity index is 411. The number of hydrogen-bond acceptors (Lipinski definition) is 3. The zero-order chi connectivity index (χ0) is 10.3. The second-order valence-electron chi connectivity index (χ2n) is 3.41. The molecular formula is C8H10N4O2. The van der Waals surface area contributed by atoms with Crippen LogP contribution in [0.25, 0.3) is 0 Å². The molecule has 0 aliphatic carbocycles. The Labute approximate surface area is 80.3 Å². The van der Waals surface area contributed by atoms with E-state index in [1.54, 1.807) is 30.9 Å². The number of aromatic nitrogens is 2. The molecular weight excluding hydrogens is 184 g/mol. The number of urea groups is 1. The molecule has 1 aliphatic heterocycles. The van der Waals surface area contributed by atoms with Gasteiger partial charge in [-0.3, -0.25) is 14.8 Å². The lowest BCUT2D eigenvalue weighted by atomic mass is 9.99. The summed E-state index contributed by atoms with van der Waals surface area (Å²) in [6, 6.07) is 1.22. The summed E-state index contributed by atoms with van der Waals surface area (Å²) in [6.45, 7) is 1.62. The third-order valence-electron chi connectivity index (χ3n) is 2.27. The van der Waals surface area contributed by atoms with Gasteiger partial charge in [0.1, 0.15) is 0 Å². The monoisotopic (exact) mass is 194 g/mol. The SMILES string of the molecule is Cn1ccc(C2(C)NC(=O)NC2=O)n1. The van der Waals surface area contributed by atoms with E-state index in [-0.39, 0.29) is 5.91 Å². The summed E-state index contributed by atoms with van der Waals surface area (Å²) in [4.78, 5) is 22.4. The first-order chi connectivity index (χ1) is 6.52. The van der Waals surface area contributed by atoms with Gasteiger partial charge in [0, 0.05) is 13.2 Å². The van der Waals surface area contributed by atoms with Gasteiger partial charge in [-0.15, -0.1) is 0 Å². The van der Waals surface area contributed by atoms with Crippen LogP contribution in [0, 0.1) is 0 Å². The minimum Gasteiger partial charge on any atom is -0.318 e. The van der Waals surface area contributed by atoms with Crippen LogP contribution in [0.4, 0.5) is 4.79 Å². The topological polar surface area (TPSA) is 76.0 Å². The molecule has 6 heteroatoms. The van der Waals surface area contributed by atoms with Crippen molar-refractivity contribution in [3.8, 4) is 0 Å². The van der Waals surface area contributed by atoms with Crippen LogP contribution in [0.1, 0.15) is 12.6 Å². The summed E-state index contributed by atoms with van der Waals surface area (Å²) in [5, 5.41) is 8.80. The highest BCUT2D eigenvalue weighted by molar-refractivity contribution is 6.06. The van der Waals surface area contributed by atoms with E-state index in [1.807, 2.05) is 0 Å². The van der Waals surface area contributed by atoms with Crippen LogP contribution in [0.2, 0.25) is 0 Å². The molecule has 1 aromatic heterocycles. The Morgan fingerprint density at radius 2 is 2.21 bits per heavy atom. The average Bonchev–Trinajstić information content (AvgIpc) is 2.59. The molecule has 1 saturated heterocycles. The standard InChI is InChI=1S/C8H10N4O2/c1-8(5-3-4-12(2)11-5)6(13)9-7(14)10-8/h3-4H,1-2H3,(H2,9,10,13,14). The Kier molecular flexibility index (Phi) is 1.60. The molecule has 0 radical (unpaired) electrons. The minimum atomic E-state index is -1.04. The van der Waals surface area contributed by atoms with Crippen molar-refractivity contribution in [2.24, 2.45) is 7.05 Å². The fourth-order valence-corrected chi connectivity index (χ4v) is 1.41. The zero-order valence-corrected chi connectivity index (χ0v) is 7.87. The molecule has 1 unspecified atom stereocenters. The third kappa shape index (κ3) is 1.07. The first kappa shape index (κ1) is 8.74. The van der Waals surface area contributed by atoms with Crippen molar-refractivity contribution in [1.29, 1.82) is 0 Å². The Balaban J connectivity index is 2.42. The van der Waals surface area contributed by atoms with Gasteiger partial charge in [0.15, 0.2) is 5.54 Å². The fourth-order valence-electron chi connectivity index (χ4n) is 1.41. The molecule has 0 bridgehead atoms. The van der Waals surface area contributed by atoms with Crippen molar-refractivity contribution in [3.63, 3.8) is 0 Å². The number of carbonyl (C=O) groups excluding carboxylic acids is 2. The number of nitrogens with zero attached hydrogens (tertiary/aromatic N) is 2. The highest BCUT2D eigenvalue weighted by atomic mass is 16.2. The van der Waals surface area contributed by atoms with E-state index < -0.39 is 11.6 Å². The van der Waals surface area contributed by atoms with Gasteiger partial charge in [-0.05, 0) is 13.0 Å². The molecule has 1 atom stereocenters. The van der Waals surface area contributed by atoms with Crippen LogP contribution >= 0.6 is 0 Å². The van der Waals surface area contributed by atoms with Crippen molar-refractivity contribution < 1.29 is 9.59 Å². The number of aryl methyl sites for hydroxylation is 1. The van der Waals surface area contributed by atoms with Gasteiger partial charge in [0.25, 0.3) is 5.91 Å². The van der Waals surface area contributed by atoms with E-state index in [9.17, 15) is 9.59 Å². The van der Waals surface area contributed by atoms with Gasteiger partial charge in [0.2, 0.25) is 0 Å². The van der Waals surface area contributed by atoms with Gasteiger partial charge in [-0.2, -0.15) is 5.10 Å². The van der Waals surface area contributed by atoms with Crippen LogP contribution in [-0.4, -0.2) is 21.7 Å². The molecule has 3 amide bonds. The Morgan fingerprint density at radius 1 is 1.50 bits per heavy atom. The molecule has 1 aromatic rings. The Morgan fingerprint density at radius 3 is 2.64 bits per heavy atom. The van der Waals surface area contributed by atoms with Gasteiger partial charge >= 0.3 is 6.03 Å². The molecule has 1 fully saturated rings. The van der Waals surface area contributed by atoms with Gasteiger partial charge in [-0.1, -0.05) is 0 Å². The number of carbonyl (C=O) groups is 2. The van der Waals surface area contributed by atoms with Gasteiger partial charge in [0.05, 0.1) is 5.69 Å². The zero-order valence-electron chi connectivity index (χ0n) is 7.87. The van der Waals surface area contributed by atoms with Gasteiger partial charge in [-0.25, -0.2) is 4.79 Å². The van der Waals surface area contributed by atoms with Crippen LogP contribution in [0.15, 0.2) is 12.3 Å². The third-order valence-corrected chi connectivity index (χ3v) is 2.27. The maximum Gasteiger partial charge on any atom is 0.322 e. The van der Waals surface area contributed by atoms with Crippen LogP contribution in [-0.2, 0) is 17.4 Å². The first-order valence-electron chi connectivity index (χ1n) is 4.16. The highest BCUT2D eigenvalue weighted by Crippen LogP contribution is 2.21. The second kappa shape index (κ2) is 2.57. The summed E-state index contributed by atoms with van der Waals surface area (Å²) in [7, 11) is 1.75. The van der Waals surface area contributed by atoms with E-state index in [0.29, 0.717) is 5.69 Å². The van der Waals surface area contributed by atoms with Crippen molar-refractivity contribution in [3.05, 3.63) is 18.0 Å². The number of imide groups is 1. The molecule has 74 valence electrons. The lowest BCUT2D eigenvalue weighted by molar-refractivity contribution is -0.123. The predicted molar refractivity (Wildman–Crippen MR) is 47.2 cm³/mol. The molecule has 2 heterocycles. The molecule has 6 nitrogen and oxygen atoms in total. The normalized spacial score (nSPS) is 26.1. The van der Waals surface area contributed by atoms with Crippen molar-refractivity contribution in [2.75, 3.05) is 0 Å². The Hall–Kier alpha value is -1.85. The summed E-state index contributed by atoms with van der Waals surface area (Å²) in [5.41, 5.74) is -0.512. The summed E-state index contributed by atoms with van der Waals surface area (Å²) in [5.74, 6) is -0.374. The molecule has 0 aromatic carbocycles. The van der Waals surface area contributed by atoms with Crippen LogP contribution in [0.5, 0.6) is 0 Å². The predicted octanol–water partition coefficient (Wildman–Crippen LogP) is -0.525. The smallest absolute Gasteiger partial charge is 0.318 e. The van der Waals surface area contributed by atoms with E-state index in [0.717, 1.165) is 0 Å².